The highest BCUT2D eigenvalue weighted by Crippen LogP contribution is 2.32. The number of methoxy groups -OCH3 is 2. The lowest BCUT2D eigenvalue weighted by atomic mass is 10.1. The minimum absolute atomic E-state index is 0.670. The van der Waals surface area contributed by atoms with Crippen molar-refractivity contribution in [2.75, 3.05) is 40.5 Å². The zero-order chi connectivity index (χ0) is 20.8. The normalized spacial score (nSPS) is 14.3. The molecular weight excluding hydrogens is 380 g/mol. The Morgan fingerprint density at radius 2 is 1.80 bits per heavy atom. The number of aromatic nitrogens is 2. The van der Waals surface area contributed by atoms with Gasteiger partial charge < -0.3 is 14.2 Å². The molecule has 2 aromatic carbocycles. The predicted octanol–water partition coefficient (Wildman–Crippen LogP) is 3.28. The molecule has 0 spiro atoms. The Balaban J connectivity index is 1.68. The van der Waals surface area contributed by atoms with Crippen LogP contribution in [0.15, 0.2) is 59.8 Å². The summed E-state index contributed by atoms with van der Waals surface area (Å²) in [7, 11) is 3.27. The lowest BCUT2D eigenvalue weighted by molar-refractivity contribution is 0.0397. The van der Waals surface area contributed by atoms with E-state index in [-0.39, 0.29) is 0 Å². The number of nitrogens with zero attached hydrogens (tertiary/aromatic N) is 4. The molecule has 1 aromatic heterocycles. The summed E-state index contributed by atoms with van der Waals surface area (Å²) >= 11 is 0. The summed E-state index contributed by atoms with van der Waals surface area (Å²) in [6, 6.07) is 16.1. The lowest BCUT2D eigenvalue weighted by Gasteiger charge is -2.23. The van der Waals surface area contributed by atoms with E-state index in [9.17, 15) is 0 Å². The van der Waals surface area contributed by atoms with Crippen LogP contribution < -0.4 is 9.47 Å². The Labute approximate surface area is 176 Å². The summed E-state index contributed by atoms with van der Waals surface area (Å²) in [5, 5.41) is 11.5. The molecule has 0 bridgehead atoms. The smallest absolute Gasteiger partial charge is 0.161 e. The average Bonchev–Trinajstić information content (AvgIpc) is 3.21. The van der Waals surface area contributed by atoms with Crippen molar-refractivity contribution in [1.29, 1.82) is 0 Å². The second kappa shape index (κ2) is 9.45. The van der Waals surface area contributed by atoms with Gasteiger partial charge in [-0.1, -0.05) is 30.3 Å². The summed E-state index contributed by atoms with van der Waals surface area (Å²) in [5.74, 6) is 1.36. The van der Waals surface area contributed by atoms with Crippen molar-refractivity contribution in [3.8, 4) is 22.8 Å². The molecular formula is C23H26N4O3. The molecule has 1 aliphatic heterocycles. The van der Waals surface area contributed by atoms with Crippen LogP contribution in [0.2, 0.25) is 0 Å². The first kappa shape index (κ1) is 20.0. The van der Waals surface area contributed by atoms with Gasteiger partial charge in [-0.05, 0) is 23.8 Å². The van der Waals surface area contributed by atoms with Gasteiger partial charge in [0.15, 0.2) is 11.5 Å². The highest BCUT2D eigenvalue weighted by Gasteiger charge is 2.14. The van der Waals surface area contributed by atoms with Gasteiger partial charge in [0, 0.05) is 17.3 Å². The molecule has 3 aromatic rings. The topological polar surface area (TPSA) is 61.1 Å². The Morgan fingerprint density at radius 3 is 2.53 bits per heavy atom. The van der Waals surface area contributed by atoms with Crippen molar-refractivity contribution >= 4 is 6.21 Å². The molecule has 4 rings (SSSR count). The molecule has 0 amide bonds. The third-order valence-corrected chi connectivity index (χ3v) is 4.98. The first-order valence-electron chi connectivity index (χ1n) is 9.97. The van der Waals surface area contributed by atoms with Crippen molar-refractivity contribution in [3.05, 3.63) is 65.9 Å². The second-order valence-electron chi connectivity index (χ2n) is 7.00. The van der Waals surface area contributed by atoms with Gasteiger partial charge in [0.2, 0.25) is 0 Å². The van der Waals surface area contributed by atoms with Crippen molar-refractivity contribution in [3.63, 3.8) is 0 Å². The molecule has 0 saturated carbocycles. The first-order chi connectivity index (χ1) is 14.8. The van der Waals surface area contributed by atoms with E-state index >= 15 is 0 Å². The van der Waals surface area contributed by atoms with Gasteiger partial charge in [-0.3, -0.25) is 9.69 Å². The predicted molar refractivity (Wildman–Crippen MR) is 116 cm³/mol. The fraction of sp³-hybridized carbons (Fsp3) is 0.304. The van der Waals surface area contributed by atoms with E-state index in [2.05, 4.69) is 17.2 Å². The standard InChI is InChI=1S/C23H26N4O3/c1-28-21-9-8-19(14-22(21)29-2)23-20(15-24-26-10-12-30-13-11-26)17-27(25-23)16-18-6-4-3-5-7-18/h3-9,14-15,17H,10-13,16H2,1-2H3/b24-15-. The summed E-state index contributed by atoms with van der Waals surface area (Å²) in [4.78, 5) is 0. The van der Waals surface area contributed by atoms with Crippen molar-refractivity contribution in [2.24, 2.45) is 5.10 Å². The quantitative estimate of drug-likeness (QED) is 0.564. The zero-order valence-corrected chi connectivity index (χ0v) is 17.3. The Kier molecular flexibility index (Phi) is 6.29. The molecule has 0 atom stereocenters. The SMILES string of the molecule is COc1ccc(-c2nn(Cc3ccccc3)cc2/C=N\N2CCOCC2)cc1OC. The van der Waals surface area contributed by atoms with E-state index in [1.165, 1.54) is 5.56 Å². The monoisotopic (exact) mass is 406 g/mol. The minimum Gasteiger partial charge on any atom is -0.493 e. The van der Waals surface area contributed by atoms with Crippen LogP contribution in [0.5, 0.6) is 11.5 Å². The lowest BCUT2D eigenvalue weighted by Crippen LogP contribution is -2.32. The maximum atomic E-state index is 5.48. The summed E-state index contributed by atoms with van der Waals surface area (Å²) < 4.78 is 18.2. The highest BCUT2D eigenvalue weighted by molar-refractivity contribution is 5.88. The number of benzene rings is 2. The van der Waals surface area contributed by atoms with Gasteiger partial charge in [0.1, 0.15) is 5.69 Å². The molecule has 1 fully saturated rings. The third kappa shape index (κ3) is 4.63. The number of rotatable bonds is 7. The van der Waals surface area contributed by atoms with Gasteiger partial charge in [-0.2, -0.15) is 10.2 Å². The van der Waals surface area contributed by atoms with Crippen LogP contribution in [0.25, 0.3) is 11.3 Å². The van der Waals surface area contributed by atoms with Crippen LogP contribution in [-0.2, 0) is 11.3 Å². The second-order valence-corrected chi connectivity index (χ2v) is 7.00. The molecule has 0 aliphatic carbocycles. The maximum Gasteiger partial charge on any atom is 0.161 e. The maximum absolute atomic E-state index is 5.48. The van der Waals surface area contributed by atoms with Crippen LogP contribution in [0.4, 0.5) is 0 Å². The molecule has 1 aliphatic rings. The third-order valence-electron chi connectivity index (χ3n) is 4.98. The fourth-order valence-electron chi connectivity index (χ4n) is 3.40. The highest BCUT2D eigenvalue weighted by atomic mass is 16.5. The van der Waals surface area contributed by atoms with Crippen LogP contribution in [-0.4, -0.2) is 61.5 Å². The van der Waals surface area contributed by atoms with E-state index in [0.717, 1.165) is 29.9 Å². The van der Waals surface area contributed by atoms with E-state index in [4.69, 9.17) is 19.3 Å². The Hall–Kier alpha value is -3.32. The summed E-state index contributed by atoms with van der Waals surface area (Å²) in [5.41, 5.74) is 3.94. The van der Waals surface area contributed by atoms with Crippen molar-refractivity contribution in [1.82, 2.24) is 14.8 Å². The average molecular weight is 406 g/mol. The van der Waals surface area contributed by atoms with E-state index in [1.54, 1.807) is 14.2 Å². The molecule has 30 heavy (non-hydrogen) atoms. The van der Waals surface area contributed by atoms with E-state index < -0.39 is 0 Å². The molecule has 0 N–H and O–H groups in total. The zero-order valence-electron chi connectivity index (χ0n) is 17.3. The number of morpholine rings is 1. The van der Waals surface area contributed by atoms with Crippen LogP contribution >= 0.6 is 0 Å². The van der Waals surface area contributed by atoms with Crippen LogP contribution in [0.1, 0.15) is 11.1 Å². The number of ether oxygens (including phenoxy) is 3. The molecule has 7 nitrogen and oxygen atoms in total. The van der Waals surface area contributed by atoms with Gasteiger partial charge in [-0.25, -0.2) is 0 Å². The summed E-state index contributed by atoms with van der Waals surface area (Å²) in [6.07, 6.45) is 3.91. The van der Waals surface area contributed by atoms with Crippen LogP contribution in [0.3, 0.4) is 0 Å². The minimum atomic E-state index is 0.670. The Morgan fingerprint density at radius 1 is 1.03 bits per heavy atom. The van der Waals surface area contributed by atoms with Gasteiger partial charge >= 0.3 is 0 Å². The van der Waals surface area contributed by atoms with Crippen LogP contribution in [0, 0.1) is 0 Å². The molecule has 156 valence electrons. The van der Waals surface area contributed by atoms with Gasteiger partial charge in [0.25, 0.3) is 0 Å². The molecule has 0 unspecified atom stereocenters. The van der Waals surface area contributed by atoms with Crippen molar-refractivity contribution < 1.29 is 14.2 Å². The number of hydrazone groups is 1. The largest absolute Gasteiger partial charge is 0.493 e. The molecule has 7 heteroatoms. The van der Waals surface area contributed by atoms with E-state index in [0.29, 0.717) is 31.3 Å². The number of hydrogen-bond acceptors (Lipinski definition) is 6. The van der Waals surface area contributed by atoms with Gasteiger partial charge in [-0.15, -0.1) is 0 Å². The molecule has 2 heterocycles. The molecule has 0 radical (unpaired) electrons. The summed E-state index contributed by atoms with van der Waals surface area (Å²) in [6.45, 7) is 3.67. The first-order valence-corrected chi connectivity index (χ1v) is 9.97. The van der Waals surface area contributed by atoms with Crippen molar-refractivity contribution in [2.45, 2.75) is 6.54 Å². The fourth-order valence-corrected chi connectivity index (χ4v) is 3.40. The Bertz CT molecular complexity index is 995. The van der Waals surface area contributed by atoms with Gasteiger partial charge in [0.05, 0.1) is 53.3 Å². The number of hydrogen-bond donors (Lipinski definition) is 0. The van der Waals surface area contributed by atoms with E-state index in [1.807, 2.05) is 58.5 Å². The molecule has 1 saturated heterocycles.